The second kappa shape index (κ2) is 12.6. The van der Waals surface area contributed by atoms with Crippen LogP contribution in [0.1, 0.15) is 24.2 Å². The van der Waals surface area contributed by atoms with Gasteiger partial charge in [0, 0.05) is 25.5 Å². The van der Waals surface area contributed by atoms with Gasteiger partial charge in [0.05, 0.1) is 13.2 Å². The maximum Gasteiger partial charge on any atom is 0.290 e. The molecule has 1 amide bonds. The SMILES string of the molecule is O=C(COCc1ccccc1)NCC1CCCN(Cc2ncc[nH]2)C1.O=CO. The number of aromatic amines is 1. The van der Waals surface area contributed by atoms with Gasteiger partial charge in [0.2, 0.25) is 5.91 Å². The number of carboxylic acid groups (broad SMARTS) is 1. The smallest absolute Gasteiger partial charge is 0.290 e. The number of hydrogen-bond donors (Lipinski definition) is 3. The number of carbonyl (C=O) groups is 2. The Morgan fingerprint density at radius 1 is 1.39 bits per heavy atom. The molecule has 3 N–H and O–H groups in total. The molecular weight excluding hydrogens is 360 g/mol. The molecule has 1 unspecified atom stereocenters. The summed E-state index contributed by atoms with van der Waals surface area (Å²) in [4.78, 5) is 30.1. The molecule has 28 heavy (non-hydrogen) atoms. The van der Waals surface area contributed by atoms with Gasteiger partial charge in [0.1, 0.15) is 12.4 Å². The van der Waals surface area contributed by atoms with Crippen molar-refractivity contribution in [1.82, 2.24) is 20.2 Å². The van der Waals surface area contributed by atoms with Crippen LogP contribution < -0.4 is 5.32 Å². The Morgan fingerprint density at radius 3 is 2.89 bits per heavy atom. The highest BCUT2D eigenvalue weighted by molar-refractivity contribution is 5.77. The van der Waals surface area contributed by atoms with Crippen molar-refractivity contribution >= 4 is 12.4 Å². The minimum absolute atomic E-state index is 0.0425. The number of ether oxygens (including phenoxy) is 1. The number of nitrogens with zero attached hydrogens (tertiary/aromatic N) is 2. The van der Waals surface area contributed by atoms with Gasteiger partial charge in [-0.2, -0.15) is 0 Å². The Hall–Kier alpha value is -2.71. The quantitative estimate of drug-likeness (QED) is 0.594. The zero-order valence-electron chi connectivity index (χ0n) is 15.9. The molecule has 2 aromatic rings. The lowest BCUT2D eigenvalue weighted by molar-refractivity contribution is -0.126. The van der Waals surface area contributed by atoms with Crippen LogP contribution in [0.3, 0.4) is 0 Å². The van der Waals surface area contributed by atoms with E-state index in [0.717, 1.165) is 43.9 Å². The molecule has 1 aliphatic heterocycles. The summed E-state index contributed by atoms with van der Waals surface area (Å²) in [6, 6.07) is 9.89. The second-order valence-corrected chi connectivity index (χ2v) is 6.67. The average Bonchev–Trinajstić information content (AvgIpc) is 3.21. The standard InChI is InChI=1S/C19H26N4O2.CH2O2/c24-19(15-25-14-16-5-2-1-3-6-16)22-11-17-7-4-10-23(12-17)13-18-20-8-9-21-18;2-1-3/h1-3,5-6,8-9,17H,4,7,10-15H2,(H,20,21)(H,22,24);1H,(H,2,3). The topological polar surface area (TPSA) is 108 Å². The molecule has 1 aliphatic rings. The van der Waals surface area contributed by atoms with Crippen LogP contribution in [0, 0.1) is 5.92 Å². The fourth-order valence-corrected chi connectivity index (χ4v) is 3.20. The number of aromatic nitrogens is 2. The predicted octanol–water partition coefficient (Wildman–Crippen LogP) is 1.66. The molecule has 1 fully saturated rings. The second-order valence-electron chi connectivity index (χ2n) is 6.67. The number of carbonyl (C=O) groups excluding carboxylic acids is 1. The Labute approximate surface area is 164 Å². The summed E-state index contributed by atoms with van der Waals surface area (Å²) in [6.45, 7) is 3.96. The van der Waals surface area contributed by atoms with Gasteiger partial charge in [0.15, 0.2) is 0 Å². The van der Waals surface area contributed by atoms with Crippen molar-refractivity contribution in [2.45, 2.75) is 26.0 Å². The van der Waals surface area contributed by atoms with Gasteiger partial charge < -0.3 is 20.1 Å². The van der Waals surface area contributed by atoms with Gasteiger partial charge in [-0.25, -0.2) is 4.98 Å². The monoisotopic (exact) mass is 388 g/mol. The zero-order valence-corrected chi connectivity index (χ0v) is 15.9. The Morgan fingerprint density at radius 2 is 2.18 bits per heavy atom. The van der Waals surface area contributed by atoms with Gasteiger partial charge in [-0.05, 0) is 30.9 Å². The van der Waals surface area contributed by atoms with E-state index in [0.29, 0.717) is 19.1 Å². The number of rotatable bonds is 8. The van der Waals surface area contributed by atoms with Crippen molar-refractivity contribution < 1.29 is 19.4 Å². The first kappa shape index (κ1) is 21.6. The van der Waals surface area contributed by atoms with E-state index in [2.05, 4.69) is 20.2 Å². The van der Waals surface area contributed by atoms with Crippen molar-refractivity contribution in [2.75, 3.05) is 26.2 Å². The number of H-pyrrole nitrogens is 1. The maximum absolute atomic E-state index is 11.9. The third-order valence-electron chi connectivity index (χ3n) is 4.46. The van der Waals surface area contributed by atoms with Gasteiger partial charge in [-0.3, -0.25) is 14.5 Å². The predicted molar refractivity (Wildman–Crippen MR) is 104 cm³/mol. The third kappa shape index (κ3) is 8.32. The molecular formula is C20H28N4O4. The molecule has 0 saturated carbocycles. The summed E-state index contributed by atoms with van der Waals surface area (Å²) in [7, 11) is 0. The summed E-state index contributed by atoms with van der Waals surface area (Å²) in [5, 5.41) is 9.89. The number of benzene rings is 1. The van der Waals surface area contributed by atoms with Crippen LogP contribution in [-0.4, -0.2) is 58.6 Å². The molecule has 0 radical (unpaired) electrons. The van der Waals surface area contributed by atoms with Crippen molar-refractivity contribution in [3.8, 4) is 0 Å². The number of nitrogens with one attached hydrogen (secondary N) is 2. The molecule has 1 aromatic carbocycles. The van der Waals surface area contributed by atoms with E-state index in [4.69, 9.17) is 14.6 Å². The Bertz CT molecular complexity index is 679. The molecule has 1 atom stereocenters. The first-order valence-corrected chi connectivity index (χ1v) is 9.38. The number of imidazole rings is 1. The maximum atomic E-state index is 11.9. The van der Waals surface area contributed by atoms with E-state index in [-0.39, 0.29) is 19.0 Å². The van der Waals surface area contributed by atoms with Crippen molar-refractivity contribution in [2.24, 2.45) is 5.92 Å². The molecule has 0 bridgehead atoms. The molecule has 8 heteroatoms. The van der Waals surface area contributed by atoms with E-state index < -0.39 is 0 Å². The molecule has 3 rings (SSSR count). The van der Waals surface area contributed by atoms with Crippen LogP contribution in [0.2, 0.25) is 0 Å². The number of amides is 1. The van der Waals surface area contributed by atoms with Crippen LogP contribution >= 0.6 is 0 Å². The van der Waals surface area contributed by atoms with Crippen LogP contribution in [0.25, 0.3) is 0 Å². The van der Waals surface area contributed by atoms with E-state index in [1.807, 2.05) is 36.5 Å². The normalized spacial score (nSPS) is 16.6. The van der Waals surface area contributed by atoms with Crippen molar-refractivity contribution in [1.29, 1.82) is 0 Å². The molecule has 1 aromatic heterocycles. The van der Waals surface area contributed by atoms with E-state index in [9.17, 15) is 4.79 Å². The van der Waals surface area contributed by atoms with E-state index in [1.54, 1.807) is 6.20 Å². The lowest BCUT2D eigenvalue weighted by Gasteiger charge is -2.32. The third-order valence-corrected chi connectivity index (χ3v) is 4.46. The number of piperidine rings is 1. The summed E-state index contributed by atoms with van der Waals surface area (Å²) in [5.74, 6) is 1.44. The van der Waals surface area contributed by atoms with E-state index >= 15 is 0 Å². The largest absolute Gasteiger partial charge is 0.483 e. The molecule has 152 valence electrons. The molecule has 8 nitrogen and oxygen atoms in total. The van der Waals surface area contributed by atoms with Gasteiger partial charge in [-0.1, -0.05) is 30.3 Å². The molecule has 1 saturated heterocycles. The summed E-state index contributed by atoms with van der Waals surface area (Å²) in [5.41, 5.74) is 1.08. The molecule has 2 heterocycles. The minimum Gasteiger partial charge on any atom is -0.483 e. The van der Waals surface area contributed by atoms with Gasteiger partial charge in [0.25, 0.3) is 6.47 Å². The Balaban J connectivity index is 0.000000878. The zero-order chi connectivity index (χ0) is 20.0. The molecule has 0 aliphatic carbocycles. The molecule has 0 spiro atoms. The Kier molecular flexibility index (Phi) is 9.74. The highest BCUT2D eigenvalue weighted by Crippen LogP contribution is 2.17. The van der Waals surface area contributed by atoms with E-state index in [1.165, 1.54) is 0 Å². The minimum atomic E-state index is -0.250. The first-order chi connectivity index (χ1) is 13.7. The van der Waals surface area contributed by atoms with Crippen LogP contribution in [0.15, 0.2) is 42.7 Å². The van der Waals surface area contributed by atoms with Crippen molar-refractivity contribution in [3.05, 3.63) is 54.1 Å². The first-order valence-electron chi connectivity index (χ1n) is 9.38. The van der Waals surface area contributed by atoms with Crippen LogP contribution in [0.5, 0.6) is 0 Å². The average molecular weight is 388 g/mol. The lowest BCUT2D eigenvalue weighted by Crippen LogP contribution is -2.41. The highest BCUT2D eigenvalue weighted by atomic mass is 16.5. The summed E-state index contributed by atoms with van der Waals surface area (Å²) in [6.07, 6.45) is 5.95. The van der Waals surface area contributed by atoms with Gasteiger partial charge in [-0.15, -0.1) is 0 Å². The van der Waals surface area contributed by atoms with Gasteiger partial charge >= 0.3 is 0 Å². The van der Waals surface area contributed by atoms with Crippen molar-refractivity contribution in [3.63, 3.8) is 0 Å². The number of likely N-dealkylation sites (tertiary alicyclic amines) is 1. The fourth-order valence-electron chi connectivity index (χ4n) is 3.20. The fraction of sp³-hybridized carbons (Fsp3) is 0.450. The lowest BCUT2D eigenvalue weighted by atomic mass is 9.98. The summed E-state index contributed by atoms with van der Waals surface area (Å²) < 4.78 is 5.48. The number of hydrogen-bond acceptors (Lipinski definition) is 5. The highest BCUT2D eigenvalue weighted by Gasteiger charge is 2.21. The van der Waals surface area contributed by atoms with Crippen LogP contribution in [-0.2, 0) is 27.5 Å². The van der Waals surface area contributed by atoms with Crippen LogP contribution in [0.4, 0.5) is 0 Å². The summed E-state index contributed by atoms with van der Waals surface area (Å²) >= 11 is 0.